The van der Waals surface area contributed by atoms with E-state index in [1.165, 1.54) is 18.1 Å². The minimum Gasteiger partial charge on any atom is -0.466 e. The third-order valence-corrected chi connectivity index (χ3v) is 5.23. The first-order chi connectivity index (χ1) is 13.3. The van der Waals surface area contributed by atoms with Crippen LogP contribution < -0.4 is 0 Å². The van der Waals surface area contributed by atoms with Gasteiger partial charge in [-0.25, -0.2) is 13.6 Å². The number of esters is 1. The molecular weight excluding hydrogens is 388 g/mol. The fourth-order valence-corrected chi connectivity index (χ4v) is 3.71. The summed E-state index contributed by atoms with van der Waals surface area (Å²) in [5.74, 6) is -3.09. The highest BCUT2D eigenvalue weighted by atomic mass is 35.5. The van der Waals surface area contributed by atoms with Gasteiger partial charge in [0.25, 0.3) is 0 Å². The number of allylic oxidation sites excluding steroid dienone is 1. The number of methoxy groups -OCH3 is 1. The maximum atomic E-state index is 14.1. The van der Waals surface area contributed by atoms with Gasteiger partial charge in [0, 0.05) is 28.6 Å². The Kier molecular flexibility index (Phi) is 5.79. The van der Waals surface area contributed by atoms with Gasteiger partial charge in [-0.2, -0.15) is 0 Å². The van der Waals surface area contributed by atoms with Crippen molar-refractivity contribution in [1.29, 1.82) is 0 Å². The van der Waals surface area contributed by atoms with Crippen LogP contribution in [0.1, 0.15) is 30.4 Å². The first-order valence-electron chi connectivity index (χ1n) is 8.62. The summed E-state index contributed by atoms with van der Waals surface area (Å²) in [6.07, 6.45) is -0.0679. The molecule has 4 nitrogen and oxygen atoms in total. The van der Waals surface area contributed by atoms with Gasteiger partial charge in [-0.1, -0.05) is 35.9 Å². The quantitative estimate of drug-likeness (QED) is 0.699. The lowest BCUT2D eigenvalue weighted by atomic mass is 9.83. The van der Waals surface area contributed by atoms with Crippen LogP contribution in [0.4, 0.5) is 8.78 Å². The Morgan fingerprint density at radius 1 is 1.18 bits per heavy atom. The molecule has 0 spiro atoms. The molecule has 0 fully saturated rings. The molecular formula is C21H18ClF2NO3. The summed E-state index contributed by atoms with van der Waals surface area (Å²) in [6, 6.07) is 10.4. The molecule has 0 N–H and O–H groups in total. The van der Waals surface area contributed by atoms with Crippen LogP contribution in [0.5, 0.6) is 0 Å². The monoisotopic (exact) mass is 405 g/mol. The van der Waals surface area contributed by atoms with Crippen molar-refractivity contribution in [3.63, 3.8) is 0 Å². The van der Waals surface area contributed by atoms with E-state index >= 15 is 0 Å². The number of benzene rings is 2. The Labute approximate surface area is 166 Å². The van der Waals surface area contributed by atoms with Gasteiger partial charge in [0.1, 0.15) is 11.6 Å². The molecule has 1 atom stereocenters. The third kappa shape index (κ3) is 3.64. The summed E-state index contributed by atoms with van der Waals surface area (Å²) in [6.45, 7) is 1.24. The minimum absolute atomic E-state index is 0.0679. The van der Waals surface area contributed by atoms with Crippen molar-refractivity contribution in [3.8, 4) is 0 Å². The molecule has 0 aliphatic carbocycles. The Hall–Kier alpha value is -2.73. The van der Waals surface area contributed by atoms with Crippen LogP contribution in [0, 0.1) is 11.6 Å². The van der Waals surface area contributed by atoms with Gasteiger partial charge in [-0.3, -0.25) is 4.79 Å². The molecule has 1 heterocycles. The summed E-state index contributed by atoms with van der Waals surface area (Å²) < 4.78 is 33.1. The molecule has 1 unspecified atom stereocenters. The second kappa shape index (κ2) is 8.10. The third-order valence-electron chi connectivity index (χ3n) is 4.89. The number of hydrogen-bond acceptors (Lipinski definition) is 3. The molecule has 1 aliphatic heterocycles. The Morgan fingerprint density at radius 2 is 1.82 bits per heavy atom. The van der Waals surface area contributed by atoms with E-state index in [0.717, 1.165) is 12.1 Å². The van der Waals surface area contributed by atoms with Gasteiger partial charge in [0.15, 0.2) is 0 Å². The molecule has 2 aromatic carbocycles. The van der Waals surface area contributed by atoms with E-state index in [9.17, 15) is 18.4 Å². The molecule has 0 radical (unpaired) electrons. The highest BCUT2D eigenvalue weighted by Crippen LogP contribution is 2.40. The van der Waals surface area contributed by atoms with Crippen LogP contribution in [-0.2, 0) is 20.9 Å². The lowest BCUT2D eigenvalue weighted by Gasteiger charge is -2.34. The van der Waals surface area contributed by atoms with Gasteiger partial charge in [-0.05, 0) is 30.7 Å². The van der Waals surface area contributed by atoms with Crippen molar-refractivity contribution in [2.45, 2.75) is 25.8 Å². The predicted octanol–water partition coefficient (Wildman–Crippen LogP) is 4.58. The first kappa shape index (κ1) is 20.0. The van der Waals surface area contributed by atoms with Gasteiger partial charge in [0.2, 0.25) is 5.91 Å². The number of carbonyl (C=O) groups is 2. The van der Waals surface area contributed by atoms with Crippen molar-refractivity contribution in [3.05, 3.63) is 81.5 Å². The number of amides is 1. The van der Waals surface area contributed by atoms with Crippen molar-refractivity contribution in [2.75, 3.05) is 7.11 Å². The standard InChI is InChI=1S/C21H18ClF2NO3/c1-12-20(21(27)28-2)14(13-6-3-4-7-16(13)22)10-19(26)25(12)11-15-17(23)8-5-9-18(15)24/h3-9,14H,10-11H2,1-2H3. The molecule has 0 saturated carbocycles. The van der Waals surface area contributed by atoms with E-state index in [-0.39, 0.29) is 35.7 Å². The first-order valence-corrected chi connectivity index (χ1v) is 8.99. The average molecular weight is 406 g/mol. The number of carbonyl (C=O) groups excluding carboxylic acids is 2. The molecule has 28 heavy (non-hydrogen) atoms. The minimum atomic E-state index is -0.756. The highest BCUT2D eigenvalue weighted by molar-refractivity contribution is 6.31. The zero-order valence-electron chi connectivity index (χ0n) is 15.3. The summed E-state index contributed by atoms with van der Waals surface area (Å²) in [4.78, 5) is 26.5. The van der Waals surface area contributed by atoms with Crippen LogP contribution >= 0.6 is 11.6 Å². The molecule has 0 saturated heterocycles. The molecule has 1 aliphatic rings. The second-order valence-electron chi connectivity index (χ2n) is 6.45. The molecule has 0 bridgehead atoms. The van der Waals surface area contributed by atoms with E-state index in [4.69, 9.17) is 16.3 Å². The van der Waals surface area contributed by atoms with Crippen LogP contribution in [-0.4, -0.2) is 23.9 Å². The lowest BCUT2D eigenvalue weighted by molar-refractivity contribution is -0.138. The van der Waals surface area contributed by atoms with E-state index in [0.29, 0.717) is 10.6 Å². The Bertz CT molecular complexity index is 954. The SMILES string of the molecule is COC(=O)C1=C(C)N(Cc2c(F)cccc2F)C(=O)CC1c1ccccc1Cl. The Balaban J connectivity index is 2.09. The molecule has 7 heteroatoms. The lowest BCUT2D eigenvalue weighted by Crippen LogP contribution is -2.38. The number of hydrogen-bond donors (Lipinski definition) is 0. The second-order valence-corrected chi connectivity index (χ2v) is 6.86. The van der Waals surface area contributed by atoms with Crippen LogP contribution in [0.3, 0.4) is 0 Å². The Morgan fingerprint density at radius 3 is 2.43 bits per heavy atom. The van der Waals surface area contributed by atoms with E-state index in [1.807, 2.05) is 0 Å². The normalized spacial score (nSPS) is 17.1. The van der Waals surface area contributed by atoms with Gasteiger partial charge in [0.05, 0.1) is 19.2 Å². The van der Waals surface area contributed by atoms with Gasteiger partial charge < -0.3 is 9.64 Å². The summed E-state index contributed by atoms with van der Waals surface area (Å²) in [7, 11) is 1.24. The number of ether oxygens (including phenoxy) is 1. The van der Waals surface area contributed by atoms with Gasteiger partial charge in [-0.15, -0.1) is 0 Å². The maximum absolute atomic E-state index is 14.1. The van der Waals surface area contributed by atoms with Crippen LogP contribution in [0.15, 0.2) is 53.7 Å². The fourth-order valence-electron chi connectivity index (χ4n) is 3.44. The van der Waals surface area contributed by atoms with Crippen LogP contribution in [0.25, 0.3) is 0 Å². The van der Waals surface area contributed by atoms with E-state index < -0.39 is 23.5 Å². The highest BCUT2D eigenvalue weighted by Gasteiger charge is 2.38. The molecule has 2 aromatic rings. The topological polar surface area (TPSA) is 46.6 Å². The number of rotatable bonds is 4. The number of nitrogens with zero attached hydrogens (tertiary/aromatic N) is 1. The summed E-state index contributed by atoms with van der Waals surface area (Å²) in [5.41, 5.74) is 0.909. The van der Waals surface area contributed by atoms with Crippen molar-refractivity contribution < 1.29 is 23.1 Å². The van der Waals surface area contributed by atoms with Gasteiger partial charge >= 0.3 is 5.97 Å². The summed E-state index contributed by atoms with van der Waals surface area (Å²) >= 11 is 6.28. The maximum Gasteiger partial charge on any atom is 0.336 e. The van der Waals surface area contributed by atoms with E-state index in [1.54, 1.807) is 31.2 Å². The smallest absolute Gasteiger partial charge is 0.336 e. The van der Waals surface area contributed by atoms with E-state index in [2.05, 4.69) is 0 Å². The van der Waals surface area contributed by atoms with Crippen LogP contribution in [0.2, 0.25) is 5.02 Å². The molecule has 0 aromatic heterocycles. The summed E-state index contributed by atoms with van der Waals surface area (Å²) in [5, 5.41) is 0.420. The molecule has 1 amide bonds. The number of halogens is 3. The zero-order chi connectivity index (χ0) is 20.4. The molecule has 3 rings (SSSR count). The molecule has 146 valence electrons. The largest absolute Gasteiger partial charge is 0.466 e. The predicted molar refractivity (Wildman–Crippen MR) is 100 cm³/mol. The van der Waals surface area contributed by atoms with Crippen molar-refractivity contribution in [2.24, 2.45) is 0 Å². The van der Waals surface area contributed by atoms with Crippen molar-refractivity contribution >= 4 is 23.5 Å². The average Bonchev–Trinajstić information content (AvgIpc) is 2.66. The fraction of sp³-hybridized carbons (Fsp3) is 0.238. The van der Waals surface area contributed by atoms with Crippen molar-refractivity contribution in [1.82, 2.24) is 4.90 Å². The zero-order valence-corrected chi connectivity index (χ0v) is 16.1.